The number of nitrogens with one attached hydrogen (secondary N) is 1. The summed E-state index contributed by atoms with van der Waals surface area (Å²) < 4.78 is 1.61. The fraction of sp³-hybridized carbons (Fsp3) is 0.316. The molecule has 1 aliphatic heterocycles. The molecule has 1 aliphatic rings. The molecule has 1 unspecified atom stereocenters. The third kappa shape index (κ3) is 3.24. The van der Waals surface area contributed by atoms with Crippen molar-refractivity contribution >= 4 is 28.8 Å². The maximum Gasteiger partial charge on any atom is 0.256 e. The third-order valence-electron chi connectivity index (χ3n) is 4.87. The molecule has 1 amide bonds. The number of benzene rings is 1. The molecule has 3 aromatic rings. The summed E-state index contributed by atoms with van der Waals surface area (Å²) in [7, 11) is 0. The first-order valence-corrected chi connectivity index (χ1v) is 9.07. The lowest BCUT2D eigenvalue weighted by atomic mass is 10.1. The minimum absolute atomic E-state index is 0.129. The first-order valence-electron chi connectivity index (χ1n) is 8.69. The van der Waals surface area contributed by atoms with Crippen LogP contribution in [0.2, 0.25) is 5.02 Å². The van der Waals surface area contributed by atoms with Crippen LogP contribution in [0.15, 0.2) is 42.9 Å². The van der Waals surface area contributed by atoms with Crippen LogP contribution >= 0.6 is 11.6 Å². The van der Waals surface area contributed by atoms with E-state index in [-0.39, 0.29) is 5.91 Å². The summed E-state index contributed by atoms with van der Waals surface area (Å²) in [6, 6.07) is 7.76. The van der Waals surface area contributed by atoms with Crippen molar-refractivity contribution in [1.82, 2.24) is 19.9 Å². The Morgan fingerprint density at radius 3 is 3.19 bits per heavy atom. The van der Waals surface area contributed by atoms with Gasteiger partial charge in [0, 0.05) is 42.7 Å². The van der Waals surface area contributed by atoms with Crippen molar-refractivity contribution in [3.05, 3.63) is 59.0 Å². The fourth-order valence-corrected chi connectivity index (χ4v) is 3.63. The largest absolute Gasteiger partial charge is 0.371 e. The van der Waals surface area contributed by atoms with Crippen LogP contribution in [-0.2, 0) is 0 Å². The highest BCUT2D eigenvalue weighted by Gasteiger charge is 2.25. The second kappa shape index (κ2) is 6.96. The van der Waals surface area contributed by atoms with Gasteiger partial charge in [-0.15, -0.1) is 0 Å². The molecule has 1 aromatic carbocycles. The van der Waals surface area contributed by atoms with E-state index in [0.717, 1.165) is 24.5 Å². The summed E-state index contributed by atoms with van der Waals surface area (Å²) >= 11 is 6.14. The summed E-state index contributed by atoms with van der Waals surface area (Å²) in [5.41, 5.74) is 3.48. The van der Waals surface area contributed by atoms with Crippen LogP contribution in [0.1, 0.15) is 22.3 Å². The van der Waals surface area contributed by atoms with Gasteiger partial charge >= 0.3 is 0 Å². The average molecular weight is 370 g/mol. The van der Waals surface area contributed by atoms with Gasteiger partial charge in [-0.1, -0.05) is 17.7 Å². The van der Waals surface area contributed by atoms with Gasteiger partial charge in [-0.25, -0.2) is 9.50 Å². The predicted molar refractivity (Wildman–Crippen MR) is 102 cm³/mol. The number of halogens is 1. The molecule has 4 rings (SSSR count). The Balaban J connectivity index is 1.38. The number of aryl methyl sites for hydroxylation is 1. The van der Waals surface area contributed by atoms with E-state index in [0.29, 0.717) is 23.7 Å². The van der Waals surface area contributed by atoms with Crippen molar-refractivity contribution in [3.8, 4) is 0 Å². The Morgan fingerprint density at radius 1 is 1.42 bits per heavy atom. The van der Waals surface area contributed by atoms with Crippen molar-refractivity contribution in [3.63, 3.8) is 0 Å². The molecule has 6 nitrogen and oxygen atoms in total. The molecule has 26 heavy (non-hydrogen) atoms. The molecule has 1 N–H and O–H groups in total. The monoisotopic (exact) mass is 369 g/mol. The molecule has 0 bridgehead atoms. The van der Waals surface area contributed by atoms with Crippen LogP contribution in [0, 0.1) is 12.8 Å². The Labute approximate surface area is 156 Å². The van der Waals surface area contributed by atoms with Crippen LogP contribution < -0.4 is 10.2 Å². The predicted octanol–water partition coefficient (Wildman–Crippen LogP) is 2.95. The molecule has 2 aromatic heterocycles. The summed E-state index contributed by atoms with van der Waals surface area (Å²) in [5.74, 6) is 0.281. The normalized spacial score (nSPS) is 17.0. The maximum absolute atomic E-state index is 12.5. The zero-order valence-corrected chi connectivity index (χ0v) is 15.3. The average Bonchev–Trinajstić information content (AvgIpc) is 3.28. The number of anilines is 1. The molecule has 0 spiro atoms. The molecule has 134 valence electrons. The molecule has 0 saturated carbocycles. The van der Waals surface area contributed by atoms with Gasteiger partial charge < -0.3 is 10.2 Å². The molecule has 0 radical (unpaired) electrons. The number of carbonyl (C=O) groups is 1. The molecular formula is C19H20ClN5O. The number of hydrogen-bond donors (Lipinski definition) is 1. The Kier molecular flexibility index (Phi) is 4.51. The summed E-state index contributed by atoms with van der Waals surface area (Å²) in [6.45, 7) is 4.62. The van der Waals surface area contributed by atoms with E-state index in [4.69, 9.17) is 11.6 Å². The second-order valence-corrected chi connectivity index (χ2v) is 7.12. The number of rotatable bonds is 4. The molecule has 3 heterocycles. The number of aromatic nitrogens is 3. The molecule has 1 saturated heterocycles. The molecule has 7 heteroatoms. The molecule has 1 fully saturated rings. The van der Waals surface area contributed by atoms with Crippen molar-refractivity contribution in [2.75, 3.05) is 24.5 Å². The molecule has 0 aliphatic carbocycles. The lowest BCUT2D eigenvalue weighted by molar-refractivity contribution is 0.0949. The van der Waals surface area contributed by atoms with E-state index in [1.807, 2.05) is 18.2 Å². The Morgan fingerprint density at radius 2 is 2.31 bits per heavy atom. The Bertz CT molecular complexity index is 954. The number of hydrogen-bond acceptors (Lipinski definition) is 4. The quantitative estimate of drug-likeness (QED) is 0.768. The first kappa shape index (κ1) is 16.8. The van der Waals surface area contributed by atoms with Gasteiger partial charge in [0.2, 0.25) is 0 Å². The third-order valence-corrected chi connectivity index (χ3v) is 5.11. The van der Waals surface area contributed by atoms with Crippen LogP contribution in [0.3, 0.4) is 0 Å². The summed E-state index contributed by atoms with van der Waals surface area (Å²) in [4.78, 5) is 19.1. The maximum atomic E-state index is 12.5. The summed E-state index contributed by atoms with van der Waals surface area (Å²) in [5, 5.41) is 7.95. The SMILES string of the molecule is Cc1ccc(Cl)cc1N1CCC(CNC(=O)c2cnn3cccnc23)C1. The van der Waals surface area contributed by atoms with E-state index in [1.54, 1.807) is 29.2 Å². The van der Waals surface area contributed by atoms with Crippen molar-refractivity contribution < 1.29 is 4.79 Å². The van der Waals surface area contributed by atoms with Crippen molar-refractivity contribution in [1.29, 1.82) is 0 Å². The van der Waals surface area contributed by atoms with Gasteiger partial charge in [0.1, 0.15) is 5.56 Å². The zero-order chi connectivity index (χ0) is 18.1. The number of carbonyl (C=O) groups excluding carboxylic acids is 1. The van der Waals surface area contributed by atoms with E-state index >= 15 is 0 Å². The van der Waals surface area contributed by atoms with Crippen LogP contribution in [0.25, 0.3) is 5.65 Å². The summed E-state index contributed by atoms with van der Waals surface area (Å²) in [6.07, 6.45) is 6.05. The highest BCUT2D eigenvalue weighted by atomic mass is 35.5. The van der Waals surface area contributed by atoms with Gasteiger partial charge in [0.05, 0.1) is 6.20 Å². The van der Waals surface area contributed by atoms with Gasteiger partial charge in [0.25, 0.3) is 5.91 Å². The van der Waals surface area contributed by atoms with Gasteiger partial charge in [-0.05, 0) is 43.0 Å². The number of nitrogens with zero attached hydrogens (tertiary/aromatic N) is 4. The minimum Gasteiger partial charge on any atom is -0.371 e. The zero-order valence-electron chi connectivity index (χ0n) is 14.5. The highest BCUT2D eigenvalue weighted by molar-refractivity contribution is 6.30. The second-order valence-electron chi connectivity index (χ2n) is 6.69. The van der Waals surface area contributed by atoms with Crippen molar-refractivity contribution in [2.24, 2.45) is 5.92 Å². The van der Waals surface area contributed by atoms with E-state index in [2.05, 4.69) is 27.2 Å². The minimum atomic E-state index is -0.129. The number of amides is 1. The topological polar surface area (TPSA) is 62.5 Å². The van der Waals surface area contributed by atoms with Crippen LogP contribution in [0.4, 0.5) is 5.69 Å². The van der Waals surface area contributed by atoms with Crippen LogP contribution in [-0.4, -0.2) is 40.1 Å². The standard InChI is InChI=1S/C19H20ClN5O/c1-13-3-4-15(20)9-17(13)24-8-5-14(12-24)10-22-19(26)16-11-23-25-7-2-6-21-18(16)25/h2-4,6-7,9,11,14H,5,8,10,12H2,1H3,(H,22,26). The van der Waals surface area contributed by atoms with Crippen molar-refractivity contribution in [2.45, 2.75) is 13.3 Å². The molecule has 1 atom stereocenters. The molecular weight excluding hydrogens is 350 g/mol. The first-order chi connectivity index (χ1) is 12.6. The van der Waals surface area contributed by atoms with E-state index in [9.17, 15) is 4.79 Å². The van der Waals surface area contributed by atoms with E-state index in [1.165, 1.54) is 11.3 Å². The highest BCUT2D eigenvalue weighted by Crippen LogP contribution is 2.29. The Hall–Kier alpha value is -2.60. The van der Waals surface area contributed by atoms with Crippen LogP contribution in [0.5, 0.6) is 0 Å². The smallest absolute Gasteiger partial charge is 0.256 e. The van der Waals surface area contributed by atoms with Gasteiger partial charge in [-0.2, -0.15) is 5.10 Å². The van der Waals surface area contributed by atoms with E-state index < -0.39 is 0 Å². The van der Waals surface area contributed by atoms with Gasteiger partial charge in [0.15, 0.2) is 5.65 Å². The fourth-order valence-electron chi connectivity index (χ4n) is 3.46. The lowest BCUT2D eigenvalue weighted by Gasteiger charge is -2.21. The van der Waals surface area contributed by atoms with Gasteiger partial charge in [-0.3, -0.25) is 4.79 Å². The lowest BCUT2D eigenvalue weighted by Crippen LogP contribution is -2.31. The number of fused-ring (bicyclic) bond motifs is 1.